The number of nitrogens with zero attached hydrogens (tertiary/aromatic N) is 4. The summed E-state index contributed by atoms with van der Waals surface area (Å²) in [5, 5.41) is 5.93. The molecule has 2 heterocycles. The van der Waals surface area contributed by atoms with Gasteiger partial charge in [0, 0.05) is 35.6 Å². The van der Waals surface area contributed by atoms with E-state index in [1.165, 1.54) is 4.68 Å². The minimum Gasteiger partial charge on any atom is -0.299 e. The Morgan fingerprint density at radius 3 is 2.52 bits per heavy atom. The van der Waals surface area contributed by atoms with Crippen LogP contribution >= 0.6 is 23.2 Å². The zero-order valence-electron chi connectivity index (χ0n) is 14.3. The summed E-state index contributed by atoms with van der Waals surface area (Å²) in [6, 6.07) is 6.06. The lowest BCUT2D eigenvalue weighted by Gasteiger charge is -2.31. The molecular formula is C18H22Cl2N4O. The zero-order valence-corrected chi connectivity index (χ0v) is 15.8. The van der Waals surface area contributed by atoms with E-state index in [-0.39, 0.29) is 5.69 Å². The molecule has 2 fully saturated rings. The third kappa shape index (κ3) is 3.50. The Hall–Kier alpha value is -1.30. The van der Waals surface area contributed by atoms with Crippen LogP contribution in [0.5, 0.6) is 0 Å². The molecule has 0 unspecified atom stereocenters. The molecule has 0 radical (unpaired) electrons. The standard InChI is InChI=1S/C18H22Cl2N4O/c1-22-18(25)24(15-4-5-15)17(21-22)12-6-8-23(9-7-12)11-13-2-3-14(19)10-16(13)20/h2-3,10,12,15H,4-9,11H2,1H3. The van der Waals surface area contributed by atoms with Gasteiger partial charge in [0.15, 0.2) is 0 Å². The molecule has 2 aliphatic rings. The van der Waals surface area contributed by atoms with Gasteiger partial charge in [-0.1, -0.05) is 29.3 Å². The van der Waals surface area contributed by atoms with Crippen LogP contribution in [0.2, 0.25) is 10.0 Å². The average Bonchev–Trinajstić information content (AvgIpc) is 3.38. The predicted molar refractivity (Wildman–Crippen MR) is 99.5 cm³/mol. The van der Waals surface area contributed by atoms with Gasteiger partial charge in [0.05, 0.1) is 0 Å². The minimum atomic E-state index is 0.0351. The van der Waals surface area contributed by atoms with Crippen molar-refractivity contribution in [3.63, 3.8) is 0 Å². The lowest BCUT2D eigenvalue weighted by Crippen LogP contribution is -2.33. The summed E-state index contributed by atoms with van der Waals surface area (Å²) >= 11 is 12.3. The molecule has 25 heavy (non-hydrogen) atoms. The second kappa shape index (κ2) is 6.78. The summed E-state index contributed by atoms with van der Waals surface area (Å²) in [6.45, 7) is 2.80. The largest absolute Gasteiger partial charge is 0.345 e. The number of benzene rings is 1. The fourth-order valence-corrected chi connectivity index (χ4v) is 4.16. The van der Waals surface area contributed by atoms with Crippen LogP contribution in [0.25, 0.3) is 0 Å². The summed E-state index contributed by atoms with van der Waals surface area (Å²) in [4.78, 5) is 14.7. The van der Waals surface area contributed by atoms with Crippen molar-refractivity contribution in [2.24, 2.45) is 7.05 Å². The molecule has 1 saturated heterocycles. The molecule has 0 amide bonds. The van der Waals surface area contributed by atoms with Crippen molar-refractivity contribution in [2.45, 2.75) is 44.2 Å². The van der Waals surface area contributed by atoms with E-state index in [1.807, 2.05) is 16.7 Å². The lowest BCUT2D eigenvalue weighted by atomic mass is 9.95. The van der Waals surface area contributed by atoms with Gasteiger partial charge < -0.3 is 0 Å². The Balaban J connectivity index is 1.43. The van der Waals surface area contributed by atoms with Crippen molar-refractivity contribution in [3.05, 3.63) is 50.1 Å². The normalized spacial score (nSPS) is 19.5. The number of piperidine rings is 1. The van der Waals surface area contributed by atoms with Gasteiger partial charge in [0.25, 0.3) is 0 Å². The first-order chi connectivity index (χ1) is 12.0. The van der Waals surface area contributed by atoms with Gasteiger partial charge in [-0.05, 0) is 56.5 Å². The number of likely N-dealkylation sites (tertiary alicyclic amines) is 1. The second-order valence-corrected chi connectivity index (χ2v) is 8.00. The molecule has 1 aromatic carbocycles. The van der Waals surface area contributed by atoms with Crippen LogP contribution in [0.4, 0.5) is 0 Å². The maximum absolute atomic E-state index is 12.3. The molecule has 7 heteroatoms. The molecule has 1 aliphatic carbocycles. The average molecular weight is 381 g/mol. The number of aromatic nitrogens is 3. The third-order valence-electron chi connectivity index (χ3n) is 5.26. The van der Waals surface area contributed by atoms with Crippen molar-refractivity contribution in [2.75, 3.05) is 13.1 Å². The van der Waals surface area contributed by atoms with E-state index in [4.69, 9.17) is 23.2 Å². The van der Waals surface area contributed by atoms with Gasteiger partial charge in [0.1, 0.15) is 5.82 Å². The molecule has 2 aromatic rings. The van der Waals surface area contributed by atoms with Crippen LogP contribution < -0.4 is 5.69 Å². The molecule has 0 N–H and O–H groups in total. The van der Waals surface area contributed by atoms with Crippen molar-refractivity contribution in [3.8, 4) is 0 Å². The Morgan fingerprint density at radius 1 is 1.16 bits per heavy atom. The molecule has 134 valence electrons. The quantitative estimate of drug-likeness (QED) is 0.813. The van der Waals surface area contributed by atoms with Gasteiger partial charge >= 0.3 is 5.69 Å². The lowest BCUT2D eigenvalue weighted by molar-refractivity contribution is 0.199. The molecule has 5 nitrogen and oxygen atoms in total. The fourth-order valence-electron chi connectivity index (χ4n) is 3.69. The van der Waals surface area contributed by atoms with Gasteiger partial charge in [-0.25, -0.2) is 9.48 Å². The first kappa shape index (κ1) is 17.1. The molecule has 4 rings (SSSR count). The molecule has 0 bridgehead atoms. The topological polar surface area (TPSA) is 43.1 Å². The Kier molecular flexibility index (Phi) is 4.65. The highest BCUT2D eigenvalue weighted by Crippen LogP contribution is 2.37. The SMILES string of the molecule is Cn1nc(C2CCN(Cc3ccc(Cl)cc3Cl)CC2)n(C2CC2)c1=O. The van der Waals surface area contributed by atoms with Gasteiger partial charge in [-0.3, -0.25) is 9.47 Å². The van der Waals surface area contributed by atoms with Crippen molar-refractivity contribution < 1.29 is 0 Å². The predicted octanol–water partition coefficient (Wildman–Crippen LogP) is 3.60. The first-order valence-electron chi connectivity index (χ1n) is 8.84. The molecule has 1 saturated carbocycles. The molecule has 1 aliphatic heterocycles. The van der Waals surface area contributed by atoms with Crippen molar-refractivity contribution >= 4 is 23.2 Å². The molecule has 0 spiro atoms. The molecule has 0 atom stereocenters. The minimum absolute atomic E-state index is 0.0351. The second-order valence-electron chi connectivity index (χ2n) is 7.15. The molecule has 1 aromatic heterocycles. The van der Waals surface area contributed by atoms with Crippen molar-refractivity contribution in [1.82, 2.24) is 19.2 Å². The monoisotopic (exact) mass is 380 g/mol. The Bertz CT molecular complexity index is 832. The summed E-state index contributed by atoms with van der Waals surface area (Å²) in [5.41, 5.74) is 1.14. The molecular weight excluding hydrogens is 359 g/mol. The van der Waals surface area contributed by atoms with Gasteiger partial charge in [-0.2, -0.15) is 5.10 Å². The smallest absolute Gasteiger partial charge is 0.299 e. The summed E-state index contributed by atoms with van der Waals surface area (Å²) in [5.74, 6) is 1.35. The highest BCUT2D eigenvalue weighted by atomic mass is 35.5. The number of aryl methyl sites for hydroxylation is 1. The summed E-state index contributed by atoms with van der Waals surface area (Å²) in [6.07, 6.45) is 4.25. The van der Waals surface area contributed by atoms with Gasteiger partial charge in [-0.15, -0.1) is 0 Å². The third-order valence-corrected chi connectivity index (χ3v) is 5.84. The highest BCUT2D eigenvalue weighted by Gasteiger charge is 2.33. The van der Waals surface area contributed by atoms with Crippen LogP contribution in [0.15, 0.2) is 23.0 Å². The maximum Gasteiger partial charge on any atom is 0.345 e. The van der Waals surface area contributed by atoms with Gasteiger partial charge in [0.2, 0.25) is 0 Å². The van der Waals surface area contributed by atoms with Crippen LogP contribution in [0.1, 0.15) is 49.0 Å². The van der Waals surface area contributed by atoms with Crippen molar-refractivity contribution in [1.29, 1.82) is 0 Å². The van der Waals surface area contributed by atoms with E-state index in [9.17, 15) is 4.79 Å². The number of hydrogen-bond donors (Lipinski definition) is 0. The van der Waals surface area contributed by atoms with Crippen LogP contribution in [0, 0.1) is 0 Å². The number of rotatable bonds is 4. The Labute approximate surface area is 157 Å². The number of hydrogen-bond acceptors (Lipinski definition) is 3. The highest BCUT2D eigenvalue weighted by molar-refractivity contribution is 6.35. The van der Waals surface area contributed by atoms with E-state index >= 15 is 0 Å². The van der Waals surface area contributed by atoms with E-state index in [0.29, 0.717) is 17.0 Å². The van der Waals surface area contributed by atoms with Crippen LogP contribution in [-0.2, 0) is 13.6 Å². The van der Waals surface area contributed by atoms with E-state index in [0.717, 1.165) is 61.7 Å². The van der Waals surface area contributed by atoms with E-state index in [1.54, 1.807) is 13.1 Å². The van der Waals surface area contributed by atoms with E-state index < -0.39 is 0 Å². The first-order valence-corrected chi connectivity index (χ1v) is 9.60. The maximum atomic E-state index is 12.3. The Morgan fingerprint density at radius 2 is 1.88 bits per heavy atom. The van der Waals surface area contributed by atoms with Crippen LogP contribution in [-0.4, -0.2) is 32.3 Å². The van der Waals surface area contributed by atoms with Crippen LogP contribution in [0.3, 0.4) is 0 Å². The summed E-state index contributed by atoms with van der Waals surface area (Å²) < 4.78 is 3.43. The fraction of sp³-hybridized carbons (Fsp3) is 0.556. The number of halogens is 2. The summed E-state index contributed by atoms with van der Waals surface area (Å²) in [7, 11) is 1.75. The zero-order chi connectivity index (χ0) is 17.6. The van der Waals surface area contributed by atoms with E-state index in [2.05, 4.69) is 10.00 Å².